The van der Waals surface area contributed by atoms with Crippen molar-refractivity contribution in [3.8, 4) is 0 Å². The molecule has 2 aromatic carbocycles. The summed E-state index contributed by atoms with van der Waals surface area (Å²) in [6.07, 6.45) is 0. The van der Waals surface area contributed by atoms with Crippen LogP contribution in [-0.2, 0) is 16.1 Å². The van der Waals surface area contributed by atoms with Gasteiger partial charge in [-0.3, -0.25) is 15.0 Å². The third-order valence-corrected chi connectivity index (χ3v) is 3.77. The van der Waals surface area contributed by atoms with Crippen molar-refractivity contribution in [3.05, 3.63) is 65.7 Å². The van der Waals surface area contributed by atoms with Crippen LogP contribution in [0.4, 0.5) is 5.69 Å². The van der Waals surface area contributed by atoms with Crippen LogP contribution in [0.5, 0.6) is 0 Å². The molecular weight excluding hydrogens is 346 g/mol. The van der Waals surface area contributed by atoms with Gasteiger partial charge < -0.3 is 26.8 Å². The first-order valence-corrected chi connectivity index (χ1v) is 8.40. The van der Waals surface area contributed by atoms with Crippen molar-refractivity contribution in [2.45, 2.75) is 12.6 Å². The predicted molar refractivity (Wildman–Crippen MR) is 103 cm³/mol. The van der Waals surface area contributed by atoms with E-state index >= 15 is 0 Å². The predicted octanol–water partition coefficient (Wildman–Crippen LogP) is 0.176. The second-order valence-electron chi connectivity index (χ2n) is 5.85. The number of aliphatic hydroxyl groups is 1. The van der Waals surface area contributed by atoms with Gasteiger partial charge in [0.25, 0.3) is 0 Å². The van der Waals surface area contributed by atoms with Crippen LogP contribution in [0.2, 0.25) is 0 Å². The van der Waals surface area contributed by atoms with Gasteiger partial charge in [-0.05, 0) is 17.7 Å². The fourth-order valence-corrected chi connectivity index (χ4v) is 2.32. The van der Waals surface area contributed by atoms with Gasteiger partial charge in [0.1, 0.15) is 11.9 Å². The summed E-state index contributed by atoms with van der Waals surface area (Å²) in [5.74, 6) is -0.943. The van der Waals surface area contributed by atoms with Gasteiger partial charge in [0.2, 0.25) is 11.8 Å². The topological polar surface area (TPSA) is 140 Å². The van der Waals surface area contributed by atoms with Crippen molar-refractivity contribution in [1.82, 2.24) is 10.6 Å². The van der Waals surface area contributed by atoms with E-state index in [2.05, 4.69) is 16.0 Å². The van der Waals surface area contributed by atoms with E-state index in [1.54, 1.807) is 24.3 Å². The van der Waals surface area contributed by atoms with Crippen LogP contribution in [0, 0.1) is 5.41 Å². The summed E-state index contributed by atoms with van der Waals surface area (Å²) in [7, 11) is 0. The van der Waals surface area contributed by atoms with Crippen molar-refractivity contribution >= 4 is 23.3 Å². The van der Waals surface area contributed by atoms with Crippen molar-refractivity contribution in [1.29, 1.82) is 5.41 Å². The molecule has 0 aliphatic heterocycles. The Morgan fingerprint density at radius 2 is 1.81 bits per heavy atom. The lowest BCUT2D eigenvalue weighted by atomic mass is 10.1. The smallest absolute Gasteiger partial charge is 0.245 e. The van der Waals surface area contributed by atoms with Crippen LogP contribution in [0.3, 0.4) is 0 Å². The molecule has 0 aliphatic rings. The molecule has 2 amide bonds. The summed E-state index contributed by atoms with van der Waals surface area (Å²) in [6, 6.07) is 15.1. The number of carbonyl (C=O) groups is 2. The number of benzene rings is 2. The third kappa shape index (κ3) is 6.44. The first kappa shape index (κ1) is 19.9. The molecule has 7 N–H and O–H groups in total. The Kier molecular flexibility index (Phi) is 7.33. The summed E-state index contributed by atoms with van der Waals surface area (Å²) in [5, 5.41) is 25.0. The number of aliphatic hydroxyl groups excluding tert-OH is 1. The quantitative estimate of drug-likeness (QED) is 0.276. The maximum absolute atomic E-state index is 12.2. The first-order valence-electron chi connectivity index (χ1n) is 8.40. The number of anilines is 1. The molecule has 0 bridgehead atoms. The van der Waals surface area contributed by atoms with Crippen molar-refractivity contribution < 1.29 is 14.7 Å². The van der Waals surface area contributed by atoms with Gasteiger partial charge >= 0.3 is 0 Å². The lowest BCUT2D eigenvalue weighted by Crippen LogP contribution is -2.45. The molecule has 1 unspecified atom stereocenters. The zero-order valence-corrected chi connectivity index (χ0v) is 14.7. The van der Waals surface area contributed by atoms with Crippen LogP contribution in [0.25, 0.3) is 0 Å². The van der Waals surface area contributed by atoms with Crippen molar-refractivity contribution in [2.75, 3.05) is 18.5 Å². The molecule has 8 nitrogen and oxygen atoms in total. The van der Waals surface area contributed by atoms with Gasteiger partial charge in [0.05, 0.1) is 13.2 Å². The van der Waals surface area contributed by atoms with Crippen LogP contribution < -0.4 is 21.7 Å². The minimum Gasteiger partial charge on any atom is -0.394 e. The molecule has 0 saturated heterocycles. The maximum Gasteiger partial charge on any atom is 0.245 e. The Labute approximate surface area is 157 Å². The number of carbonyl (C=O) groups excluding carboxylic acids is 2. The van der Waals surface area contributed by atoms with Gasteiger partial charge in [0, 0.05) is 17.8 Å². The van der Waals surface area contributed by atoms with Gasteiger partial charge in [0.15, 0.2) is 0 Å². The molecule has 27 heavy (non-hydrogen) atoms. The summed E-state index contributed by atoms with van der Waals surface area (Å²) in [4.78, 5) is 24.1. The number of amidine groups is 1. The molecule has 142 valence electrons. The number of nitrogen functional groups attached to an aromatic ring is 1. The van der Waals surface area contributed by atoms with Crippen molar-refractivity contribution in [2.24, 2.45) is 5.73 Å². The minimum atomic E-state index is -0.936. The van der Waals surface area contributed by atoms with Crippen LogP contribution in [-0.4, -0.2) is 41.9 Å². The van der Waals surface area contributed by atoms with E-state index in [0.717, 1.165) is 5.56 Å². The molecule has 0 heterocycles. The standard InChI is InChI=1S/C19H23N5O3/c20-18(21)14-7-4-8-15(9-14)24-16(12-25)19(27)23-11-17(26)22-10-13-5-2-1-3-6-13/h1-9,16,24-25H,10-12H2,(H3,20,21)(H,22,26)(H,23,27). The monoisotopic (exact) mass is 369 g/mol. The molecule has 0 aromatic heterocycles. The highest BCUT2D eigenvalue weighted by molar-refractivity contribution is 5.96. The van der Waals surface area contributed by atoms with Crippen LogP contribution in [0.1, 0.15) is 11.1 Å². The normalized spacial score (nSPS) is 11.3. The Morgan fingerprint density at radius 3 is 2.48 bits per heavy atom. The number of amides is 2. The number of rotatable bonds is 9. The molecule has 2 rings (SSSR count). The van der Waals surface area contributed by atoms with Gasteiger partial charge in [-0.15, -0.1) is 0 Å². The molecule has 8 heteroatoms. The second-order valence-corrected chi connectivity index (χ2v) is 5.85. The molecular formula is C19H23N5O3. The number of nitrogens with two attached hydrogens (primary N) is 1. The zero-order chi connectivity index (χ0) is 19.6. The lowest BCUT2D eigenvalue weighted by Gasteiger charge is -2.17. The molecule has 0 fully saturated rings. The average molecular weight is 369 g/mol. The molecule has 0 spiro atoms. The van der Waals surface area contributed by atoms with E-state index < -0.39 is 18.6 Å². The Bertz CT molecular complexity index is 795. The largest absolute Gasteiger partial charge is 0.394 e. The number of hydrogen-bond donors (Lipinski definition) is 6. The molecule has 2 aromatic rings. The summed E-state index contributed by atoms with van der Waals surface area (Å²) < 4.78 is 0. The van der Waals surface area contributed by atoms with E-state index in [-0.39, 0.29) is 18.3 Å². The van der Waals surface area contributed by atoms with E-state index in [1.807, 2.05) is 30.3 Å². The van der Waals surface area contributed by atoms with Crippen molar-refractivity contribution in [3.63, 3.8) is 0 Å². The second kappa shape index (κ2) is 9.93. The maximum atomic E-state index is 12.2. The van der Waals surface area contributed by atoms with Gasteiger partial charge in [-0.1, -0.05) is 42.5 Å². The summed E-state index contributed by atoms with van der Waals surface area (Å²) in [6.45, 7) is -0.284. The lowest BCUT2D eigenvalue weighted by molar-refractivity contribution is -0.127. The van der Waals surface area contributed by atoms with Gasteiger partial charge in [-0.2, -0.15) is 0 Å². The Morgan fingerprint density at radius 1 is 1.07 bits per heavy atom. The SMILES string of the molecule is N=C(N)c1cccc(NC(CO)C(=O)NCC(=O)NCc2ccccc2)c1. The zero-order valence-electron chi connectivity index (χ0n) is 14.7. The molecule has 1 atom stereocenters. The summed E-state index contributed by atoms with van der Waals surface area (Å²) >= 11 is 0. The van der Waals surface area contributed by atoms with E-state index in [4.69, 9.17) is 11.1 Å². The highest BCUT2D eigenvalue weighted by atomic mass is 16.3. The van der Waals surface area contributed by atoms with Gasteiger partial charge in [-0.25, -0.2) is 0 Å². The molecule has 0 radical (unpaired) electrons. The van der Waals surface area contributed by atoms with Crippen LogP contribution >= 0.6 is 0 Å². The van der Waals surface area contributed by atoms with E-state index in [9.17, 15) is 14.7 Å². The molecule has 0 saturated carbocycles. The Hall–Kier alpha value is -3.39. The third-order valence-electron chi connectivity index (χ3n) is 3.77. The fourth-order valence-electron chi connectivity index (χ4n) is 2.32. The fraction of sp³-hybridized carbons (Fsp3) is 0.211. The highest BCUT2D eigenvalue weighted by Gasteiger charge is 2.18. The average Bonchev–Trinajstić information content (AvgIpc) is 2.69. The highest BCUT2D eigenvalue weighted by Crippen LogP contribution is 2.11. The van der Waals surface area contributed by atoms with E-state index in [0.29, 0.717) is 17.8 Å². The molecule has 0 aliphatic carbocycles. The number of hydrogen-bond acceptors (Lipinski definition) is 5. The first-order chi connectivity index (χ1) is 13.0. The minimum absolute atomic E-state index is 0.0984. The number of nitrogens with one attached hydrogen (secondary N) is 4. The summed E-state index contributed by atoms with van der Waals surface area (Å²) in [5.41, 5.74) is 7.43. The Balaban J connectivity index is 1.83. The van der Waals surface area contributed by atoms with E-state index in [1.165, 1.54) is 0 Å². The van der Waals surface area contributed by atoms with Crippen LogP contribution in [0.15, 0.2) is 54.6 Å².